The van der Waals surface area contributed by atoms with E-state index in [0.717, 1.165) is 24.9 Å². The average Bonchev–Trinajstić information content (AvgIpc) is 3.03. The van der Waals surface area contributed by atoms with E-state index < -0.39 is 5.97 Å². The highest BCUT2D eigenvalue weighted by atomic mass is 19.1. The van der Waals surface area contributed by atoms with Gasteiger partial charge in [0, 0.05) is 18.3 Å². The predicted molar refractivity (Wildman–Crippen MR) is 90.1 cm³/mol. The maximum atomic E-state index is 13.6. The van der Waals surface area contributed by atoms with E-state index in [4.69, 9.17) is 4.74 Å². The average molecular weight is 347 g/mol. The van der Waals surface area contributed by atoms with Gasteiger partial charge in [0.15, 0.2) is 0 Å². The maximum Gasteiger partial charge on any atom is 0.337 e. The number of rotatable bonds is 5. The first-order chi connectivity index (χ1) is 12.1. The Balaban J connectivity index is 1.82. The molecule has 0 bridgehead atoms. The summed E-state index contributed by atoms with van der Waals surface area (Å²) in [5, 5.41) is 5.33. The number of nitrogens with one attached hydrogen (secondary N) is 2. The lowest BCUT2D eigenvalue weighted by molar-refractivity contribution is -0.138. The number of carbonyl (C=O) groups excluding carboxylic acids is 2. The van der Waals surface area contributed by atoms with Gasteiger partial charge in [0.2, 0.25) is 0 Å². The molecule has 134 valence electrons. The van der Waals surface area contributed by atoms with E-state index in [1.165, 1.54) is 6.07 Å². The molecule has 1 aromatic rings. The summed E-state index contributed by atoms with van der Waals surface area (Å²) < 4.78 is 18.6. The molecule has 1 atom stereocenters. The lowest BCUT2D eigenvalue weighted by atomic mass is 10.0. The van der Waals surface area contributed by atoms with Gasteiger partial charge in [-0.05, 0) is 44.0 Å². The molecule has 1 saturated heterocycles. The molecule has 2 N–H and O–H groups in total. The Kier molecular flexibility index (Phi) is 5.33. The normalized spacial score (nSPS) is 21.0. The standard InChI is InChI=1S/C18H22FN3O3/c1-2-25-17(23)14-10-20-18(24)21-15(14)11-22-8-4-7-16(22)12-5-3-6-13(19)9-12/h3,5-6,9,16H,2,4,7-8,10-11H2,1H3,(H2,20,21,24). The number of esters is 1. The molecule has 6 nitrogen and oxygen atoms in total. The van der Waals surface area contributed by atoms with Crippen molar-refractivity contribution in [2.75, 3.05) is 26.2 Å². The SMILES string of the molecule is CCOC(=O)C1=C(CN2CCCC2c2cccc(F)c2)NC(=O)NC1. The van der Waals surface area contributed by atoms with Crippen molar-refractivity contribution in [2.24, 2.45) is 0 Å². The Morgan fingerprint density at radius 3 is 3.04 bits per heavy atom. The van der Waals surface area contributed by atoms with Crippen LogP contribution in [0.3, 0.4) is 0 Å². The smallest absolute Gasteiger partial charge is 0.337 e. The molecule has 2 aliphatic heterocycles. The number of amides is 2. The molecule has 7 heteroatoms. The predicted octanol–water partition coefficient (Wildman–Crippen LogP) is 2.09. The van der Waals surface area contributed by atoms with Crippen LogP contribution in [0, 0.1) is 5.82 Å². The van der Waals surface area contributed by atoms with Crippen LogP contribution in [0.4, 0.5) is 9.18 Å². The van der Waals surface area contributed by atoms with E-state index >= 15 is 0 Å². The van der Waals surface area contributed by atoms with Crippen LogP contribution in [0.15, 0.2) is 35.5 Å². The molecule has 3 rings (SSSR count). The lowest BCUT2D eigenvalue weighted by Crippen LogP contribution is -2.46. The van der Waals surface area contributed by atoms with Crippen LogP contribution in [0.25, 0.3) is 0 Å². The fraction of sp³-hybridized carbons (Fsp3) is 0.444. The Morgan fingerprint density at radius 2 is 2.28 bits per heavy atom. The summed E-state index contributed by atoms with van der Waals surface area (Å²) in [6, 6.07) is 6.33. The molecule has 0 aliphatic carbocycles. The first-order valence-electron chi connectivity index (χ1n) is 8.52. The second-order valence-corrected chi connectivity index (χ2v) is 6.17. The van der Waals surface area contributed by atoms with Crippen molar-refractivity contribution in [1.29, 1.82) is 0 Å². The zero-order chi connectivity index (χ0) is 17.8. The molecule has 25 heavy (non-hydrogen) atoms. The highest BCUT2D eigenvalue weighted by Crippen LogP contribution is 2.32. The largest absolute Gasteiger partial charge is 0.463 e. The monoisotopic (exact) mass is 347 g/mol. The summed E-state index contributed by atoms with van der Waals surface area (Å²) in [6.45, 7) is 3.41. The third kappa shape index (κ3) is 3.99. The third-order valence-electron chi connectivity index (χ3n) is 4.53. The van der Waals surface area contributed by atoms with Crippen molar-refractivity contribution < 1.29 is 18.7 Å². The van der Waals surface area contributed by atoms with Gasteiger partial charge in [0.05, 0.1) is 18.7 Å². The highest BCUT2D eigenvalue weighted by molar-refractivity contribution is 5.93. The van der Waals surface area contributed by atoms with Gasteiger partial charge in [-0.15, -0.1) is 0 Å². The Hall–Kier alpha value is -2.41. The highest BCUT2D eigenvalue weighted by Gasteiger charge is 2.30. The first-order valence-corrected chi connectivity index (χ1v) is 8.52. The van der Waals surface area contributed by atoms with E-state index in [-0.39, 0.29) is 31.0 Å². The molecule has 0 radical (unpaired) electrons. The van der Waals surface area contributed by atoms with Crippen molar-refractivity contribution in [3.63, 3.8) is 0 Å². The van der Waals surface area contributed by atoms with Crippen LogP contribution < -0.4 is 10.6 Å². The molecule has 2 heterocycles. The summed E-state index contributed by atoms with van der Waals surface area (Å²) in [5.41, 5.74) is 1.91. The molecule has 2 aliphatic rings. The zero-order valence-electron chi connectivity index (χ0n) is 14.2. The van der Waals surface area contributed by atoms with Gasteiger partial charge >= 0.3 is 12.0 Å². The van der Waals surface area contributed by atoms with Gasteiger partial charge in [-0.3, -0.25) is 4.90 Å². The first kappa shape index (κ1) is 17.4. The minimum Gasteiger partial charge on any atom is -0.463 e. The quantitative estimate of drug-likeness (QED) is 0.800. The topological polar surface area (TPSA) is 70.7 Å². The number of hydrogen-bond acceptors (Lipinski definition) is 4. The van der Waals surface area contributed by atoms with E-state index in [1.807, 2.05) is 6.07 Å². The van der Waals surface area contributed by atoms with E-state index in [9.17, 15) is 14.0 Å². The molecule has 0 spiro atoms. The minimum absolute atomic E-state index is 0.0680. The minimum atomic E-state index is -0.425. The Bertz CT molecular complexity index is 705. The molecule has 1 fully saturated rings. The number of likely N-dealkylation sites (tertiary alicyclic amines) is 1. The van der Waals surface area contributed by atoms with Gasteiger partial charge in [-0.2, -0.15) is 0 Å². The van der Waals surface area contributed by atoms with Crippen LogP contribution >= 0.6 is 0 Å². The van der Waals surface area contributed by atoms with E-state index in [1.54, 1.807) is 19.1 Å². The van der Waals surface area contributed by atoms with Gasteiger partial charge < -0.3 is 15.4 Å². The maximum absolute atomic E-state index is 13.6. The number of ether oxygens (including phenoxy) is 1. The number of benzene rings is 1. The van der Waals surface area contributed by atoms with Crippen LogP contribution in [0.5, 0.6) is 0 Å². The summed E-state index contributed by atoms with van der Waals surface area (Å²) in [5.74, 6) is -0.683. The number of halogens is 1. The van der Waals surface area contributed by atoms with Crippen molar-refractivity contribution in [2.45, 2.75) is 25.8 Å². The zero-order valence-corrected chi connectivity index (χ0v) is 14.2. The van der Waals surface area contributed by atoms with Crippen molar-refractivity contribution in [3.8, 4) is 0 Å². The number of nitrogens with zero attached hydrogens (tertiary/aromatic N) is 1. The molecule has 2 amide bonds. The van der Waals surface area contributed by atoms with Crippen LogP contribution in [0.1, 0.15) is 31.4 Å². The fourth-order valence-electron chi connectivity index (χ4n) is 3.39. The molecule has 0 aromatic heterocycles. The molecule has 0 saturated carbocycles. The van der Waals surface area contributed by atoms with Crippen molar-refractivity contribution >= 4 is 12.0 Å². The van der Waals surface area contributed by atoms with Crippen molar-refractivity contribution in [3.05, 3.63) is 46.9 Å². The summed E-state index contributed by atoms with van der Waals surface area (Å²) >= 11 is 0. The summed E-state index contributed by atoms with van der Waals surface area (Å²) in [4.78, 5) is 26.0. The van der Waals surface area contributed by atoms with E-state index in [0.29, 0.717) is 17.8 Å². The van der Waals surface area contributed by atoms with Crippen molar-refractivity contribution in [1.82, 2.24) is 15.5 Å². The van der Waals surface area contributed by atoms with Crippen LogP contribution in [-0.2, 0) is 9.53 Å². The number of hydrogen-bond donors (Lipinski definition) is 2. The van der Waals surface area contributed by atoms with Gasteiger partial charge in [0.1, 0.15) is 5.82 Å². The van der Waals surface area contributed by atoms with E-state index in [2.05, 4.69) is 15.5 Å². The van der Waals surface area contributed by atoms with Crippen LogP contribution in [0.2, 0.25) is 0 Å². The van der Waals surface area contributed by atoms with Gasteiger partial charge in [0.25, 0.3) is 0 Å². The Morgan fingerprint density at radius 1 is 1.44 bits per heavy atom. The summed E-state index contributed by atoms with van der Waals surface area (Å²) in [6.07, 6.45) is 1.90. The van der Waals surface area contributed by atoms with Gasteiger partial charge in [-0.25, -0.2) is 14.0 Å². The third-order valence-corrected chi connectivity index (χ3v) is 4.53. The molecule has 1 aromatic carbocycles. The molecule has 1 unspecified atom stereocenters. The lowest BCUT2D eigenvalue weighted by Gasteiger charge is -2.29. The van der Waals surface area contributed by atoms with Gasteiger partial charge in [-0.1, -0.05) is 12.1 Å². The number of carbonyl (C=O) groups is 2. The summed E-state index contributed by atoms with van der Waals surface area (Å²) in [7, 11) is 0. The van der Waals surface area contributed by atoms with Crippen LogP contribution in [-0.4, -0.2) is 43.1 Å². The number of urea groups is 1. The second kappa shape index (κ2) is 7.65. The molecular weight excluding hydrogens is 325 g/mol. The molecular formula is C18H22FN3O3. The fourth-order valence-corrected chi connectivity index (χ4v) is 3.39. The second-order valence-electron chi connectivity index (χ2n) is 6.17. The Labute approximate surface area is 146 Å².